The van der Waals surface area contributed by atoms with Crippen LogP contribution >= 0.6 is 11.8 Å². The third-order valence-corrected chi connectivity index (χ3v) is 7.01. The molecular weight excluding hydrogens is 396 g/mol. The first-order valence-corrected chi connectivity index (χ1v) is 14.0. The number of carboxylic acid groups (broad SMARTS) is 1. The van der Waals surface area contributed by atoms with Crippen LogP contribution in [0, 0.1) is 0 Å². The normalized spacial score (nSPS) is 16.5. The summed E-state index contributed by atoms with van der Waals surface area (Å²) < 4.78 is 5.19. The third-order valence-electron chi connectivity index (χ3n) is 4.22. The highest BCUT2D eigenvalue weighted by Crippen LogP contribution is 2.29. The quantitative estimate of drug-likeness (QED) is 0.414. The number of ether oxygens (including phenoxy) is 1. The minimum absolute atomic E-state index is 0.0881. The fourth-order valence-corrected chi connectivity index (χ4v) is 4.31. The molecule has 7 nitrogen and oxygen atoms in total. The van der Waals surface area contributed by atoms with Gasteiger partial charge < -0.3 is 20.3 Å². The van der Waals surface area contributed by atoms with Crippen LogP contribution < -0.4 is 5.32 Å². The standard InChI is InChI=1S/C19H28N2O5SSi/c1-28(2,3)10-9-26-19(25)20-8-4-5-13-6-7-16(22)14(11-13)17-21-15(12-27-17)18(23)24/h6-7,11,15,22H,4-5,8-10,12H2,1-3H3,(H,20,25)(H,23,24). The van der Waals surface area contributed by atoms with Crippen LogP contribution in [0.1, 0.15) is 17.5 Å². The number of hydrogen-bond donors (Lipinski definition) is 3. The molecule has 1 unspecified atom stereocenters. The van der Waals surface area contributed by atoms with E-state index in [4.69, 9.17) is 9.84 Å². The van der Waals surface area contributed by atoms with E-state index in [2.05, 4.69) is 30.0 Å². The Bertz CT molecular complexity index is 748. The molecule has 3 N–H and O–H groups in total. The number of aromatic hydroxyl groups is 1. The SMILES string of the molecule is C[Si](C)(C)CCOC(=O)NCCCc1ccc(O)c(C2=NC(C(=O)O)CS2)c1. The van der Waals surface area contributed by atoms with Gasteiger partial charge in [0.15, 0.2) is 6.04 Å². The van der Waals surface area contributed by atoms with Crippen molar-refractivity contribution in [1.29, 1.82) is 0 Å². The fourth-order valence-electron chi connectivity index (χ4n) is 2.54. The Morgan fingerprint density at radius 1 is 1.36 bits per heavy atom. The summed E-state index contributed by atoms with van der Waals surface area (Å²) in [7, 11) is -1.21. The molecule has 154 valence electrons. The number of aliphatic imine (C=N–C) groups is 1. The predicted octanol–water partition coefficient (Wildman–Crippen LogP) is 3.34. The van der Waals surface area contributed by atoms with Crippen LogP contribution in [0.25, 0.3) is 0 Å². The van der Waals surface area contributed by atoms with Crippen LogP contribution in [0.15, 0.2) is 23.2 Å². The van der Waals surface area contributed by atoms with Crippen molar-refractivity contribution in [2.45, 2.75) is 44.6 Å². The topological polar surface area (TPSA) is 108 Å². The smallest absolute Gasteiger partial charge is 0.407 e. The molecule has 1 amide bonds. The van der Waals surface area contributed by atoms with Crippen molar-refractivity contribution in [3.8, 4) is 5.75 Å². The van der Waals surface area contributed by atoms with Crippen molar-refractivity contribution < 1.29 is 24.5 Å². The highest BCUT2D eigenvalue weighted by atomic mass is 32.2. The van der Waals surface area contributed by atoms with Gasteiger partial charge in [0.2, 0.25) is 0 Å². The Labute approximate surface area is 170 Å². The number of rotatable bonds is 9. The van der Waals surface area contributed by atoms with E-state index in [1.54, 1.807) is 6.07 Å². The van der Waals surface area contributed by atoms with Crippen LogP contribution in [0.4, 0.5) is 4.79 Å². The summed E-state index contributed by atoms with van der Waals surface area (Å²) in [5, 5.41) is 22.5. The van der Waals surface area contributed by atoms with E-state index in [0.717, 1.165) is 18.0 Å². The summed E-state index contributed by atoms with van der Waals surface area (Å²) in [5.74, 6) is -0.496. The molecule has 28 heavy (non-hydrogen) atoms. The fraction of sp³-hybridized carbons (Fsp3) is 0.526. The highest BCUT2D eigenvalue weighted by Gasteiger charge is 2.26. The molecule has 0 radical (unpaired) electrons. The lowest BCUT2D eigenvalue weighted by Gasteiger charge is -2.15. The van der Waals surface area contributed by atoms with Crippen molar-refractivity contribution in [2.24, 2.45) is 4.99 Å². The summed E-state index contributed by atoms with van der Waals surface area (Å²) in [5.41, 5.74) is 1.55. The molecule has 0 bridgehead atoms. The number of aliphatic carboxylic acids is 1. The predicted molar refractivity (Wildman–Crippen MR) is 114 cm³/mol. The summed E-state index contributed by atoms with van der Waals surface area (Å²) in [6.45, 7) is 7.66. The molecule has 0 saturated carbocycles. The van der Waals surface area contributed by atoms with Gasteiger partial charge in [0.1, 0.15) is 10.8 Å². The summed E-state index contributed by atoms with van der Waals surface area (Å²) in [6, 6.07) is 5.43. The van der Waals surface area contributed by atoms with E-state index in [-0.39, 0.29) is 11.8 Å². The molecule has 1 aliphatic heterocycles. The van der Waals surface area contributed by atoms with Gasteiger partial charge in [0, 0.05) is 25.9 Å². The van der Waals surface area contributed by atoms with Crippen LogP contribution in [-0.4, -0.2) is 60.3 Å². The molecular formula is C19H28N2O5SSi. The van der Waals surface area contributed by atoms with E-state index < -0.39 is 20.1 Å². The molecule has 9 heteroatoms. The summed E-state index contributed by atoms with van der Waals surface area (Å²) in [6.07, 6.45) is 1.05. The molecule has 1 aromatic carbocycles. The van der Waals surface area contributed by atoms with Gasteiger partial charge in [-0.25, -0.2) is 9.59 Å². The molecule has 0 aliphatic carbocycles. The van der Waals surface area contributed by atoms with Gasteiger partial charge in [-0.3, -0.25) is 4.99 Å². The van der Waals surface area contributed by atoms with Gasteiger partial charge in [-0.05, 0) is 36.6 Å². The van der Waals surface area contributed by atoms with Gasteiger partial charge in [0.25, 0.3) is 0 Å². The molecule has 0 aromatic heterocycles. The zero-order valence-corrected chi connectivity index (χ0v) is 18.3. The minimum Gasteiger partial charge on any atom is -0.507 e. The van der Waals surface area contributed by atoms with Crippen LogP contribution in [0.5, 0.6) is 5.75 Å². The first kappa shape index (κ1) is 22.3. The monoisotopic (exact) mass is 424 g/mol. The number of benzene rings is 1. The van der Waals surface area contributed by atoms with Crippen LogP contribution in [0.2, 0.25) is 25.7 Å². The maximum Gasteiger partial charge on any atom is 0.407 e. The summed E-state index contributed by atoms with van der Waals surface area (Å²) in [4.78, 5) is 26.9. The Balaban J connectivity index is 1.80. The summed E-state index contributed by atoms with van der Waals surface area (Å²) >= 11 is 1.33. The Kier molecular flexibility index (Phi) is 7.94. The Morgan fingerprint density at radius 3 is 2.75 bits per heavy atom. The number of hydrogen-bond acceptors (Lipinski definition) is 6. The second-order valence-corrected chi connectivity index (χ2v) is 14.6. The molecule has 1 atom stereocenters. The Morgan fingerprint density at radius 2 is 2.11 bits per heavy atom. The first-order chi connectivity index (χ1) is 13.2. The molecule has 0 saturated heterocycles. The lowest BCUT2D eigenvalue weighted by atomic mass is 10.1. The lowest BCUT2D eigenvalue weighted by Crippen LogP contribution is -2.28. The van der Waals surface area contributed by atoms with Gasteiger partial charge >= 0.3 is 12.1 Å². The number of carbonyl (C=O) groups excluding carboxylic acids is 1. The number of thioether (sulfide) groups is 1. The van der Waals surface area contributed by atoms with Crippen LogP contribution in [0.3, 0.4) is 0 Å². The van der Waals surface area contributed by atoms with E-state index >= 15 is 0 Å². The number of nitrogens with one attached hydrogen (secondary N) is 1. The van der Waals surface area contributed by atoms with E-state index in [9.17, 15) is 14.7 Å². The molecule has 1 heterocycles. The zero-order chi connectivity index (χ0) is 20.7. The van der Waals surface area contributed by atoms with Crippen molar-refractivity contribution in [2.75, 3.05) is 18.9 Å². The number of nitrogens with zero attached hydrogens (tertiary/aromatic N) is 1. The first-order valence-electron chi connectivity index (χ1n) is 9.32. The molecule has 1 aliphatic rings. The van der Waals surface area contributed by atoms with Crippen molar-refractivity contribution in [3.63, 3.8) is 0 Å². The maximum atomic E-state index is 11.7. The van der Waals surface area contributed by atoms with Gasteiger partial charge in [-0.2, -0.15) is 0 Å². The third kappa shape index (κ3) is 7.20. The number of alkyl carbamates (subject to hydrolysis) is 1. The van der Waals surface area contributed by atoms with Crippen molar-refractivity contribution in [1.82, 2.24) is 5.32 Å². The maximum absolute atomic E-state index is 11.7. The van der Waals surface area contributed by atoms with E-state index in [1.165, 1.54) is 11.8 Å². The number of carbonyl (C=O) groups is 2. The Hall–Kier alpha value is -2.00. The number of phenols is 1. The number of aryl methyl sites for hydroxylation is 1. The number of phenolic OH excluding ortho intramolecular Hbond substituents is 1. The number of carboxylic acids is 1. The van der Waals surface area contributed by atoms with Gasteiger partial charge in [-0.1, -0.05) is 25.7 Å². The van der Waals surface area contributed by atoms with Gasteiger partial charge in [-0.15, -0.1) is 11.8 Å². The molecule has 2 rings (SSSR count). The second-order valence-electron chi connectivity index (χ2n) is 7.93. The molecule has 0 fully saturated rings. The molecule has 1 aromatic rings. The van der Waals surface area contributed by atoms with E-state index in [1.807, 2.05) is 12.1 Å². The van der Waals surface area contributed by atoms with Crippen LogP contribution in [-0.2, 0) is 16.0 Å². The zero-order valence-electron chi connectivity index (χ0n) is 16.5. The largest absolute Gasteiger partial charge is 0.507 e. The van der Waals surface area contributed by atoms with Gasteiger partial charge in [0.05, 0.1) is 6.61 Å². The van der Waals surface area contributed by atoms with Crippen molar-refractivity contribution >= 4 is 36.9 Å². The number of amides is 1. The van der Waals surface area contributed by atoms with E-state index in [0.29, 0.717) is 35.9 Å². The minimum atomic E-state index is -1.21. The van der Waals surface area contributed by atoms with Crippen molar-refractivity contribution in [3.05, 3.63) is 29.3 Å². The molecule has 0 spiro atoms. The second kappa shape index (κ2) is 9.97. The highest BCUT2D eigenvalue weighted by molar-refractivity contribution is 8.14. The average molecular weight is 425 g/mol. The lowest BCUT2D eigenvalue weighted by molar-refractivity contribution is -0.137. The average Bonchev–Trinajstić information content (AvgIpc) is 3.09.